The van der Waals surface area contributed by atoms with Crippen LogP contribution in [0.1, 0.15) is 59.3 Å². The molecule has 1 saturated carbocycles. The Morgan fingerprint density at radius 1 is 1.12 bits per heavy atom. The normalized spacial score (nSPS) is 49.4. The summed E-state index contributed by atoms with van der Waals surface area (Å²) in [6.07, 6.45) is -1.48. The van der Waals surface area contributed by atoms with Gasteiger partial charge in [-0.15, -0.1) is 6.58 Å². The molecule has 1 unspecified atom stereocenters. The van der Waals surface area contributed by atoms with E-state index in [0.717, 1.165) is 24.8 Å². The van der Waals surface area contributed by atoms with Gasteiger partial charge in [-0.1, -0.05) is 32.4 Å². The van der Waals surface area contributed by atoms with Crippen LogP contribution in [0.5, 0.6) is 0 Å². The van der Waals surface area contributed by atoms with Crippen molar-refractivity contribution in [2.75, 3.05) is 13.2 Å². The van der Waals surface area contributed by atoms with Gasteiger partial charge in [0.1, 0.15) is 24.4 Å². The number of fused-ring (bicyclic) bond motifs is 2. The Morgan fingerprint density at radius 3 is 2.47 bits per heavy atom. The number of carbonyl (C=O) groups is 1. The predicted octanol–water partition coefficient (Wildman–Crippen LogP) is 1.23. The first-order valence-corrected chi connectivity index (χ1v) is 12.4. The number of hydrogen-bond acceptors (Lipinski definition) is 8. The first-order valence-electron chi connectivity index (χ1n) is 12.4. The maximum atomic E-state index is 13.4. The summed E-state index contributed by atoms with van der Waals surface area (Å²) in [6.45, 7) is 9.70. The van der Waals surface area contributed by atoms with Gasteiger partial charge in [0, 0.05) is 11.8 Å². The minimum absolute atomic E-state index is 0.00260. The number of ketones is 1. The van der Waals surface area contributed by atoms with E-state index < -0.39 is 48.8 Å². The summed E-state index contributed by atoms with van der Waals surface area (Å²) in [4.78, 5) is 13.4. The van der Waals surface area contributed by atoms with E-state index in [1.165, 1.54) is 5.57 Å². The van der Waals surface area contributed by atoms with E-state index in [4.69, 9.17) is 9.47 Å². The van der Waals surface area contributed by atoms with E-state index in [9.17, 15) is 30.3 Å². The van der Waals surface area contributed by atoms with Crippen molar-refractivity contribution in [3.63, 3.8) is 0 Å². The van der Waals surface area contributed by atoms with Gasteiger partial charge < -0.3 is 35.0 Å². The fourth-order valence-corrected chi connectivity index (χ4v) is 6.92. The standard InChI is InChI=1S/C26H40O8/c1-5-24(2)8-6-15-14(11-24)16(28)10-18-25(15,3)9-7-19(29)26(18,4)13-33-23-22(32)21(31)20(30)17(12-27)34-23/h5,17-23,27,29-32H,1,6-13H2,2-4H3/t17-,18?,19+,20-,21-,22+,23-,24+,25-,26-/m1/s1. The van der Waals surface area contributed by atoms with Gasteiger partial charge in [-0.05, 0) is 54.4 Å². The average Bonchev–Trinajstić information content (AvgIpc) is 2.82. The van der Waals surface area contributed by atoms with Crippen LogP contribution in [0.2, 0.25) is 0 Å². The highest BCUT2D eigenvalue weighted by Crippen LogP contribution is 2.62. The second kappa shape index (κ2) is 9.07. The molecule has 0 aromatic carbocycles. The summed E-state index contributed by atoms with van der Waals surface area (Å²) >= 11 is 0. The molecule has 1 saturated heterocycles. The number of allylic oxidation sites excluding steroid dienone is 3. The summed E-state index contributed by atoms with van der Waals surface area (Å²) in [7, 11) is 0. The van der Waals surface area contributed by atoms with Crippen LogP contribution in [-0.4, -0.2) is 81.3 Å². The summed E-state index contributed by atoms with van der Waals surface area (Å²) in [5.74, 6) is -0.0358. The topological polar surface area (TPSA) is 137 Å². The number of Topliss-reactive ketones (excluding diaryl/α,β-unsaturated/α-hetero) is 1. The average molecular weight is 481 g/mol. The zero-order chi connectivity index (χ0) is 25.1. The van der Waals surface area contributed by atoms with Gasteiger partial charge in [0.25, 0.3) is 0 Å². The lowest BCUT2D eigenvalue weighted by Crippen LogP contribution is -2.61. The van der Waals surface area contributed by atoms with E-state index in [0.29, 0.717) is 19.3 Å². The molecule has 10 atom stereocenters. The number of hydrogen-bond donors (Lipinski definition) is 5. The summed E-state index contributed by atoms with van der Waals surface area (Å²) < 4.78 is 11.4. The molecule has 192 valence electrons. The van der Waals surface area contributed by atoms with Crippen LogP contribution in [-0.2, 0) is 14.3 Å². The molecule has 2 fully saturated rings. The number of aliphatic hydroxyl groups is 5. The van der Waals surface area contributed by atoms with Crippen molar-refractivity contribution in [3.05, 3.63) is 23.8 Å². The maximum Gasteiger partial charge on any atom is 0.186 e. The molecule has 0 bridgehead atoms. The molecular weight excluding hydrogens is 440 g/mol. The maximum absolute atomic E-state index is 13.4. The molecule has 0 amide bonds. The smallest absolute Gasteiger partial charge is 0.186 e. The molecule has 4 rings (SSSR count). The molecule has 0 spiro atoms. The van der Waals surface area contributed by atoms with Gasteiger partial charge in [-0.2, -0.15) is 0 Å². The first kappa shape index (κ1) is 25.9. The van der Waals surface area contributed by atoms with E-state index in [2.05, 4.69) is 20.4 Å². The van der Waals surface area contributed by atoms with E-state index >= 15 is 0 Å². The highest BCUT2D eigenvalue weighted by atomic mass is 16.7. The lowest BCUT2D eigenvalue weighted by molar-refractivity contribution is -0.311. The molecule has 4 aliphatic rings. The van der Waals surface area contributed by atoms with Crippen molar-refractivity contribution in [3.8, 4) is 0 Å². The zero-order valence-corrected chi connectivity index (χ0v) is 20.4. The molecule has 8 heteroatoms. The SMILES string of the molecule is C=C[C@@]1(C)CCC2=C(C1)C(=O)CC1[C@]2(C)CC[C@H](O)[C@]1(C)CO[C@@H]1O[C@H](CO)[C@@H](O)[C@@H](O)[C@@H]1O. The highest BCUT2D eigenvalue weighted by Gasteiger charge is 2.59. The van der Waals surface area contributed by atoms with Gasteiger partial charge in [0.05, 0.1) is 19.3 Å². The third-order valence-corrected chi connectivity index (χ3v) is 9.47. The zero-order valence-electron chi connectivity index (χ0n) is 20.4. The Labute approximate surface area is 201 Å². The fourth-order valence-electron chi connectivity index (χ4n) is 6.92. The quantitative estimate of drug-likeness (QED) is 0.371. The van der Waals surface area contributed by atoms with Crippen LogP contribution in [0.4, 0.5) is 0 Å². The van der Waals surface area contributed by atoms with E-state index in [1.54, 1.807) is 0 Å². The molecular formula is C26H40O8. The van der Waals surface area contributed by atoms with Crippen LogP contribution in [0.15, 0.2) is 23.8 Å². The third-order valence-electron chi connectivity index (χ3n) is 9.47. The van der Waals surface area contributed by atoms with E-state index in [1.807, 2.05) is 13.0 Å². The Balaban J connectivity index is 1.59. The minimum Gasteiger partial charge on any atom is -0.394 e. The third kappa shape index (κ3) is 4.01. The van der Waals surface area contributed by atoms with Gasteiger partial charge in [-0.3, -0.25) is 4.79 Å². The van der Waals surface area contributed by atoms with Crippen LogP contribution < -0.4 is 0 Å². The number of rotatable bonds is 5. The second-order valence-electron chi connectivity index (χ2n) is 11.7. The molecule has 5 N–H and O–H groups in total. The molecule has 1 aliphatic heterocycles. The minimum atomic E-state index is -1.53. The molecule has 0 aromatic rings. The van der Waals surface area contributed by atoms with Gasteiger partial charge in [0.15, 0.2) is 12.1 Å². The Bertz CT molecular complexity index is 854. The van der Waals surface area contributed by atoms with Crippen molar-refractivity contribution in [2.45, 2.75) is 96.1 Å². The van der Waals surface area contributed by atoms with Gasteiger partial charge in [0.2, 0.25) is 0 Å². The van der Waals surface area contributed by atoms with Gasteiger partial charge >= 0.3 is 0 Å². The van der Waals surface area contributed by atoms with Crippen LogP contribution in [0.25, 0.3) is 0 Å². The van der Waals surface area contributed by atoms with Gasteiger partial charge in [-0.25, -0.2) is 0 Å². The summed E-state index contributed by atoms with van der Waals surface area (Å²) in [5.41, 5.74) is 1.01. The molecule has 0 radical (unpaired) electrons. The number of ether oxygens (including phenoxy) is 2. The molecule has 8 nitrogen and oxygen atoms in total. The van der Waals surface area contributed by atoms with Crippen LogP contribution in [0, 0.1) is 22.2 Å². The van der Waals surface area contributed by atoms with Crippen LogP contribution >= 0.6 is 0 Å². The number of carbonyl (C=O) groups excluding carboxylic acids is 1. The monoisotopic (exact) mass is 480 g/mol. The lowest BCUT2D eigenvalue weighted by Gasteiger charge is -2.59. The Morgan fingerprint density at radius 2 is 1.82 bits per heavy atom. The Hall–Kier alpha value is -1.13. The lowest BCUT2D eigenvalue weighted by atomic mass is 9.46. The Kier molecular flexibility index (Phi) is 6.92. The highest BCUT2D eigenvalue weighted by molar-refractivity contribution is 5.98. The van der Waals surface area contributed by atoms with E-state index in [-0.39, 0.29) is 29.1 Å². The van der Waals surface area contributed by atoms with Crippen molar-refractivity contribution < 1.29 is 39.8 Å². The van der Waals surface area contributed by atoms with Crippen molar-refractivity contribution in [1.29, 1.82) is 0 Å². The molecule has 1 heterocycles. The van der Waals surface area contributed by atoms with Crippen LogP contribution in [0.3, 0.4) is 0 Å². The largest absolute Gasteiger partial charge is 0.394 e. The molecule has 34 heavy (non-hydrogen) atoms. The fraction of sp³-hybridized carbons (Fsp3) is 0.808. The molecule has 3 aliphatic carbocycles. The summed E-state index contributed by atoms with van der Waals surface area (Å²) in [5, 5.41) is 51.1. The van der Waals surface area contributed by atoms with Crippen molar-refractivity contribution in [2.24, 2.45) is 22.2 Å². The second-order valence-corrected chi connectivity index (χ2v) is 11.7. The summed E-state index contributed by atoms with van der Waals surface area (Å²) in [6, 6.07) is 0. The first-order chi connectivity index (χ1) is 15.9. The predicted molar refractivity (Wildman–Crippen MR) is 123 cm³/mol. The molecule has 0 aromatic heterocycles. The van der Waals surface area contributed by atoms with Crippen molar-refractivity contribution in [1.82, 2.24) is 0 Å². The number of aliphatic hydroxyl groups excluding tert-OH is 5. The van der Waals surface area contributed by atoms with Crippen molar-refractivity contribution >= 4 is 5.78 Å².